The van der Waals surface area contributed by atoms with Crippen molar-refractivity contribution in [2.24, 2.45) is 0 Å². The lowest BCUT2D eigenvalue weighted by atomic mass is 9.97. The third kappa shape index (κ3) is 15.5. The molecule has 0 atom stereocenters. The second kappa shape index (κ2) is 37.4. The summed E-state index contributed by atoms with van der Waals surface area (Å²) in [6.07, 6.45) is 0. The number of para-hydroxylation sites is 6. The Bertz CT molecular complexity index is 10300. The Morgan fingerprint density at radius 2 is 0.267 bits per heavy atom. The molecule has 0 unspecified atom stereocenters. The van der Waals surface area contributed by atoms with Crippen LogP contribution in [0.1, 0.15) is 0 Å². The average molecular weight is 1910 g/mol. The van der Waals surface area contributed by atoms with E-state index in [1.54, 1.807) is 0 Å². The number of benzene rings is 24. The molecule has 150 heavy (non-hydrogen) atoms. The molecular weight excluding hydrogens is 1810 g/mol. The molecule has 0 saturated heterocycles. The number of hydrogen-bond donors (Lipinski definition) is 0. The molecule has 0 N–H and O–H groups in total. The summed E-state index contributed by atoms with van der Waals surface area (Å²) in [6.45, 7) is 0. The van der Waals surface area contributed by atoms with Crippen LogP contribution < -0.4 is 0 Å². The molecule has 0 aliphatic carbocycles. The van der Waals surface area contributed by atoms with E-state index in [2.05, 4.69) is 610 Å². The van der Waals surface area contributed by atoms with Gasteiger partial charge in [0.25, 0.3) is 0 Å². The van der Waals surface area contributed by atoms with E-state index in [0.29, 0.717) is 0 Å². The number of nitrogens with zero attached hydrogens (tertiary/aromatic N) is 6. The van der Waals surface area contributed by atoms with Gasteiger partial charge in [0, 0.05) is 98.8 Å². The second-order valence-electron chi connectivity index (χ2n) is 39.0. The van der Waals surface area contributed by atoms with Gasteiger partial charge >= 0.3 is 0 Å². The predicted octanol–water partition coefficient (Wildman–Crippen LogP) is 38.6. The summed E-state index contributed by atoms with van der Waals surface area (Å²) >= 11 is 0. The van der Waals surface area contributed by atoms with Crippen molar-refractivity contribution in [1.29, 1.82) is 0 Å². The number of fused-ring (bicyclic) bond motifs is 18. The number of aromatic nitrogens is 6. The van der Waals surface area contributed by atoms with Gasteiger partial charge < -0.3 is 27.4 Å². The highest BCUT2D eigenvalue weighted by molar-refractivity contribution is 6.20. The van der Waals surface area contributed by atoms with Crippen molar-refractivity contribution in [1.82, 2.24) is 27.4 Å². The summed E-state index contributed by atoms with van der Waals surface area (Å²) in [5.74, 6) is 0. The van der Waals surface area contributed by atoms with E-state index in [0.717, 1.165) is 22.7 Å². The summed E-state index contributed by atoms with van der Waals surface area (Å²) in [6, 6.07) is 211. The molecule has 30 rings (SSSR count). The molecule has 6 nitrogen and oxygen atoms in total. The Labute approximate surface area is 868 Å². The zero-order chi connectivity index (χ0) is 99.1. The van der Waals surface area contributed by atoms with Crippen LogP contribution in [0.2, 0.25) is 0 Å². The molecule has 0 bridgehead atoms. The summed E-state index contributed by atoms with van der Waals surface area (Å²) in [7, 11) is 0. The van der Waals surface area contributed by atoms with E-state index >= 15 is 0 Å². The molecule has 0 amide bonds. The lowest BCUT2D eigenvalue weighted by Crippen LogP contribution is -1.94. The van der Waals surface area contributed by atoms with Crippen LogP contribution in [0.15, 0.2) is 582 Å². The zero-order valence-corrected chi connectivity index (χ0v) is 82.1. The zero-order valence-electron chi connectivity index (χ0n) is 82.1. The van der Waals surface area contributed by atoms with Crippen molar-refractivity contribution in [3.8, 4) is 134 Å². The highest BCUT2D eigenvalue weighted by Crippen LogP contribution is 2.48. The first-order valence-corrected chi connectivity index (χ1v) is 51.6. The molecule has 30 aromatic rings. The number of hydrogen-bond acceptors (Lipinski definition) is 0. The fraction of sp³-hybridized carbons (Fsp3) is 0. The van der Waals surface area contributed by atoms with Crippen LogP contribution in [0.25, 0.3) is 265 Å². The first-order chi connectivity index (χ1) is 74.4. The van der Waals surface area contributed by atoms with Crippen molar-refractivity contribution < 1.29 is 0 Å². The number of rotatable bonds is 15. The van der Waals surface area contributed by atoms with Crippen LogP contribution in [0.5, 0.6) is 0 Å². The molecular formula is C144H96N6. The minimum Gasteiger partial charge on any atom is -0.309 e. The van der Waals surface area contributed by atoms with Gasteiger partial charge in [-0.25, -0.2) is 0 Å². The summed E-state index contributed by atoms with van der Waals surface area (Å²) in [5.41, 5.74) is 43.4. The van der Waals surface area contributed by atoms with Gasteiger partial charge in [-0.15, -0.1) is 0 Å². The van der Waals surface area contributed by atoms with Gasteiger partial charge in [-0.2, -0.15) is 0 Å². The van der Waals surface area contributed by atoms with E-state index in [-0.39, 0.29) is 0 Å². The minimum absolute atomic E-state index is 1.15. The summed E-state index contributed by atoms with van der Waals surface area (Å²) in [5, 5.41) is 15.1. The SMILES string of the molecule is c1ccc(-c2ccc(-n3c4ccc(-c5ccc6c(c5)c5ccccc5n6-c5ccccc5)cc4c4c(-c5ccccc5)cccc43)cc2)cc1.c1ccc(-c2ccc(-n3c4ccc(-c5ccc6c(c5)c5ccccc5n6-c5ccccc5)cc4c4ccc(-c5ccccc5)cc43)cc2)cc1.c1ccc(-c2ccc(-n3c4ccccc4c4cc(-c5ccc6c(c5)c5ccc(-c7ccccc7)cc5n6-c5ccccc5)ccc43)cc2)cc1. The normalized spacial score (nSPS) is 11.6. The average Bonchev–Trinajstić information content (AvgIpc) is 1.58. The Morgan fingerprint density at radius 3 is 0.560 bits per heavy atom. The van der Waals surface area contributed by atoms with Gasteiger partial charge in [0.1, 0.15) is 0 Å². The summed E-state index contributed by atoms with van der Waals surface area (Å²) < 4.78 is 14.4. The molecule has 6 heteroatoms. The highest BCUT2D eigenvalue weighted by atomic mass is 15.0. The maximum absolute atomic E-state index is 2.42. The predicted molar refractivity (Wildman–Crippen MR) is 634 cm³/mol. The van der Waals surface area contributed by atoms with Gasteiger partial charge in [0.2, 0.25) is 0 Å². The maximum atomic E-state index is 2.42. The van der Waals surface area contributed by atoms with E-state index in [1.807, 2.05) is 0 Å². The quantitative estimate of drug-likeness (QED) is 0.0979. The lowest BCUT2D eigenvalue weighted by Gasteiger charge is -2.11. The molecule has 0 aliphatic heterocycles. The largest absolute Gasteiger partial charge is 0.309 e. The van der Waals surface area contributed by atoms with Crippen LogP contribution in [-0.2, 0) is 0 Å². The molecule has 6 aromatic heterocycles. The first-order valence-electron chi connectivity index (χ1n) is 51.6. The fourth-order valence-electron chi connectivity index (χ4n) is 23.3. The van der Waals surface area contributed by atoms with E-state index in [9.17, 15) is 0 Å². The van der Waals surface area contributed by atoms with Crippen molar-refractivity contribution in [2.75, 3.05) is 0 Å². The second-order valence-corrected chi connectivity index (χ2v) is 39.0. The van der Waals surface area contributed by atoms with Gasteiger partial charge in [-0.1, -0.05) is 400 Å². The molecule has 0 fully saturated rings. The van der Waals surface area contributed by atoms with Crippen molar-refractivity contribution in [3.05, 3.63) is 582 Å². The van der Waals surface area contributed by atoms with E-state index in [1.165, 1.54) is 242 Å². The molecule has 0 spiro atoms. The van der Waals surface area contributed by atoms with Crippen LogP contribution in [0, 0.1) is 0 Å². The fourth-order valence-corrected chi connectivity index (χ4v) is 23.3. The van der Waals surface area contributed by atoms with E-state index in [4.69, 9.17) is 0 Å². The van der Waals surface area contributed by atoms with Crippen molar-refractivity contribution in [3.63, 3.8) is 0 Å². The van der Waals surface area contributed by atoms with Crippen LogP contribution in [0.3, 0.4) is 0 Å². The first kappa shape index (κ1) is 87.8. The highest BCUT2D eigenvalue weighted by Gasteiger charge is 2.25. The maximum Gasteiger partial charge on any atom is 0.0547 e. The molecule has 6 heterocycles. The van der Waals surface area contributed by atoms with E-state index < -0.39 is 0 Å². The molecule has 0 aliphatic rings. The molecule has 702 valence electrons. The third-order valence-electron chi connectivity index (χ3n) is 30.4. The smallest absolute Gasteiger partial charge is 0.0547 e. The van der Waals surface area contributed by atoms with Crippen LogP contribution in [0.4, 0.5) is 0 Å². The van der Waals surface area contributed by atoms with Crippen LogP contribution in [-0.4, -0.2) is 27.4 Å². The summed E-state index contributed by atoms with van der Waals surface area (Å²) in [4.78, 5) is 0. The minimum atomic E-state index is 1.15. The van der Waals surface area contributed by atoms with Crippen molar-refractivity contribution in [2.45, 2.75) is 0 Å². The Balaban J connectivity index is 0.000000108. The van der Waals surface area contributed by atoms with Crippen molar-refractivity contribution >= 4 is 131 Å². The van der Waals surface area contributed by atoms with Gasteiger partial charge in [0.05, 0.1) is 66.2 Å². The van der Waals surface area contributed by atoms with Crippen LogP contribution >= 0.6 is 0 Å². The third-order valence-corrected chi connectivity index (χ3v) is 30.4. The Kier molecular flexibility index (Phi) is 21.9. The molecule has 0 saturated carbocycles. The molecule has 0 radical (unpaired) electrons. The molecule has 24 aromatic carbocycles. The lowest BCUT2D eigenvalue weighted by molar-refractivity contribution is 1.18. The monoisotopic (exact) mass is 1910 g/mol. The van der Waals surface area contributed by atoms with Gasteiger partial charge in [-0.05, 0) is 282 Å². The van der Waals surface area contributed by atoms with Gasteiger partial charge in [-0.3, -0.25) is 0 Å². The Morgan fingerprint density at radius 1 is 0.0867 bits per heavy atom. The van der Waals surface area contributed by atoms with Gasteiger partial charge in [0.15, 0.2) is 0 Å². The topological polar surface area (TPSA) is 29.6 Å². The Hall–Kier alpha value is -19.9. The standard InChI is InChI=1S/3C48H32N2/c1-4-13-33(14-5-1)34-23-27-39(28-24-34)50-46-30-26-37(32-43(46)48-40(20-12-22-47(48)50)35-15-6-2-7-16-35)36-25-29-45-42(31-36)41-19-10-11-21-44(41)49(45)38-17-8-3-9-18-38;1-4-12-33(13-5-1)35-20-25-40(26-21-35)49-45-19-11-10-18-41(45)43-30-36(23-28-46(43)49)37-24-29-47-44(31-37)42-27-22-38(34-14-6-2-7-15-34)32-48(42)50(47)39-16-8-3-9-17-39;1-4-12-33(13-5-1)35-20-25-40(26-21-35)50-47-29-24-37(31-44(47)42-27-22-38(32-48(42)50)34-14-6-2-7-15-34)36-23-28-46-43(30-36)41-18-10-11-19-45(41)49(46)39-16-8-3-9-17-39/h3*1-32H.